The molecule has 0 saturated carbocycles. The van der Waals surface area contributed by atoms with Crippen molar-refractivity contribution in [1.82, 2.24) is 4.98 Å². The van der Waals surface area contributed by atoms with Gasteiger partial charge in [-0.15, -0.1) is 11.3 Å². The molecule has 2 aromatic heterocycles. The Morgan fingerprint density at radius 2 is 1.92 bits per heavy atom. The Morgan fingerprint density at radius 1 is 1.16 bits per heavy atom. The first-order valence-corrected chi connectivity index (χ1v) is 9.00. The van der Waals surface area contributed by atoms with Crippen molar-refractivity contribution >= 4 is 32.3 Å². The highest BCUT2D eigenvalue weighted by Gasteiger charge is 2.15. The maximum absolute atomic E-state index is 12.3. The van der Waals surface area contributed by atoms with Crippen LogP contribution in [0.15, 0.2) is 52.6 Å². The van der Waals surface area contributed by atoms with Crippen molar-refractivity contribution in [3.63, 3.8) is 0 Å². The van der Waals surface area contributed by atoms with E-state index in [2.05, 4.69) is 4.98 Å². The van der Waals surface area contributed by atoms with Gasteiger partial charge < -0.3 is 15.8 Å². The number of aromatic amines is 1. The first kappa shape index (κ1) is 16.0. The third-order valence-electron chi connectivity index (χ3n) is 4.58. The number of pyridine rings is 1. The number of nitrogens with two attached hydrogens (primary N) is 1. The summed E-state index contributed by atoms with van der Waals surface area (Å²) in [7, 11) is 0. The van der Waals surface area contributed by atoms with E-state index in [0.717, 1.165) is 38.5 Å². The molecule has 4 N–H and O–H groups in total. The van der Waals surface area contributed by atoms with Crippen LogP contribution in [0.25, 0.3) is 32.1 Å². The Balaban J connectivity index is 2.10. The largest absolute Gasteiger partial charge is 0.392 e. The highest BCUT2D eigenvalue weighted by molar-refractivity contribution is 7.17. The molecule has 2 heterocycles. The lowest BCUT2D eigenvalue weighted by Gasteiger charge is -2.14. The van der Waals surface area contributed by atoms with Crippen molar-refractivity contribution in [2.24, 2.45) is 5.73 Å². The van der Waals surface area contributed by atoms with Gasteiger partial charge in [0, 0.05) is 22.3 Å². The average Bonchev–Trinajstić information content (AvgIpc) is 3.11. The third kappa shape index (κ3) is 2.57. The van der Waals surface area contributed by atoms with Gasteiger partial charge in [-0.05, 0) is 46.7 Å². The van der Waals surface area contributed by atoms with Gasteiger partial charge in [0.25, 0.3) is 5.56 Å². The molecule has 1 atom stereocenters. The van der Waals surface area contributed by atoms with Crippen LogP contribution in [0.1, 0.15) is 24.1 Å². The van der Waals surface area contributed by atoms with Crippen LogP contribution >= 0.6 is 11.3 Å². The van der Waals surface area contributed by atoms with E-state index in [-0.39, 0.29) is 18.2 Å². The molecule has 0 fully saturated rings. The zero-order chi connectivity index (χ0) is 17.6. The molecule has 0 saturated heterocycles. The van der Waals surface area contributed by atoms with Crippen LogP contribution in [0.2, 0.25) is 0 Å². The van der Waals surface area contributed by atoms with Gasteiger partial charge in [0.2, 0.25) is 0 Å². The van der Waals surface area contributed by atoms with E-state index in [9.17, 15) is 9.90 Å². The second kappa shape index (κ2) is 6.11. The van der Waals surface area contributed by atoms with Gasteiger partial charge in [-0.3, -0.25) is 4.79 Å². The number of aromatic nitrogens is 1. The predicted octanol–water partition coefficient (Wildman–Crippen LogP) is 3.92. The molecule has 0 amide bonds. The minimum Gasteiger partial charge on any atom is -0.392 e. The lowest BCUT2D eigenvalue weighted by Crippen LogP contribution is -2.06. The van der Waals surface area contributed by atoms with Crippen LogP contribution in [0.3, 0.4) is 0 Å². The molecule has 5 heteroatoms. The molecule has 25 heavy (non-hydrogen) atoms. The molecule has 0 aliphatic carbocycles. The monoisotopic (exact) mass is 350 g/mol. The fraction of sp³-hybridized carbons (Fsp3) is 0.150. The minimum atomic E-state index is -0.0764. The summed E-state index contributed by atoms with van der Waals surface area (Å²) < 4.78 is 0.705. The number of hydrogen-bond acceptors (Lipinski definition) is 4. The zero-order valence-corrected chi connectivity index (χ0v) is 14.6. The normalized spacial score (nSPS) is 12.8. The lowest BCUT2D eigenvalue weighted by molar-refractivity contribution is 0.282. The molecule has 0 aliphatic rings. The highest BCUT2D eigenvalue weighted by Crippen LogP contribution is 2.36. The standard InChI is InChI=1S/C20H18N2O2S/c1-11(21)12-2-4-13(5-3-12)17-14(10-23)6-7-16-18(17)15-8-9-25-19(15)20(24)22-16/h2-9,11,23H,10,21H2,1H3,(H,22,24). The van der Waals surface area contributed by atoms with E-state index in [1.807, 2.05) is 54.8 Å². The maximum atomic E-state index is 12.3. The lowest BCUT2D eigenvalue weighted by atomic mass is 9.92. The highest BCUT2D eigenvalue weighted by atomic mass is 32.1. The Hall–Kier alpha value is -2.47. The van der Waals surface area contributed by atoms with Crippen LogP contribution in [-0.4, -0.2) is 10.1 Å². The maximum Gasteiger partial charge on any atom is 0.266 e. The summed E-state index contributed by atoms with van der Waals surface area (Å²) in [6.45, 7) is 1.89. The number of hydrogen-bond donors (Lipinski definition) is 3. The van der Waals surface area contributed by atoms with Crippen molar-refractivity contribution in [1.29, 1.82) is 0 Å². The SMILES string of the molecule is CC(N)c1ccc(-c2c(CO)ccc3[nH]c(=O)c4sccc4c23)cc1. The predicted molar refractivity (Wildman–Crippen MR) is 104 cm³/mol. The summed E-state index contributed by atoms with van der Waals surface area (Å²) in [5, 5.41) is 13.7. The molecule has 0 radical (unpaired) electrons. The molecule has 1 unspecified atom stereocenters. The molecule has 0 bridgehead atoms. The van der Waals surface area contributed by atoms with Gasteiger partial charge in [0.1, 0.15) is 4.70 Å². The van der Waals surface area contributed by atoms with Gasteiger partial charge >= 0.3 is 0 Å². The van der Waals surface area contributed by atoms with Crippen LogP contribution in [0, 0.1) is 0 Å². The molecule has 4 nitrogen and oxygen atoms in total. The number of thiophene rings is 1. The van der Waals surface area contributed by atoms with E-state index in [1.165, 1.54) is 11.3 Å². The van der Waals surface area contributed by atoms with Gasteiger partial charge in [-0.2, -0.15) is 0 Å². The molecule has 126 valence electrons. The van der Waals surface area contributed by atoms with Gasteiger partial charge in [0.15, 0.2) is 0 Å². The average molecular weight is 350 g/mol. The molecule has 2 aromatic carbocycles. The van der Waals surface area contributed by atoms with Crippen molar-refractivity contribution in [3.05, 3.63) is 69.3 Å². The number of H-pyrrole nitrogens is 1. The number of nitrogens with one attached hydrogen (secondary N) is 1. The summed E-state index contributed by atoms with van der Waals surface area (Å²) in [4.78, 5) is 15.2. The summed E-state index contributed by atoms with van der Waals surface area (Å²) in [6, 6.07) is 13.7. The van der Waals surface area contributed by atoms with Crippen LogP contribution in [0.5, 0.6) is 0 Å². The van der Waals surface area contributed by atoms with Gasteiger partial charge in [0.05, 0.1) is 6.61 Å². The summed E-state index contributed by atoms with van der Waals surface area (Å²) >= 11 is 1.43. The smallest absolute Gasteiger partial charge is 0.266 e. The second-order valence-electron chi connectivity index (χ2n) is 6.21. The summed E-state index contributed by atoms with van der Waals surface area (Å²) in [5.41, 5.74) is 10.5. The van der Waals surface area contributed by atoms with Crippen molar-refractivity contribution in [3.8, 4) is 11.1 Å². The molecule has 4 aromatic rings. The molecule has 0 aliphatic heterocycles. The Morgan fingerprint density at radius 3 is 2.60 bits per heavy atom. The van der Waals surface area contributed by atoms with E-state index >= 15 is 0 Å². The van der Waals surface area contributed by atoms with Crippen molar-refractivity contribution in [2.45, 2.75) is 19.6 Å². The fourth-order valence-electron chi connectivity index (χ4n) is 3.31. The number of aliphatic hydroxyl groups excluding tert-OH is 1. The Labute approximate surface area is 148 Å². The third-order valence-corrected chi connectivity index (χ3v) is 5.49. The van der Waals surface area contributed by atoms with E-state index in [4.69, 9.17) is 5.73 Å². The fourth-order valence-corrected chi connectivity index (χ4v) is 4.10. The Kier molecular flexibility index (Phi) is 3.92. The summed E-state index contributed by atoms with van der Waals surface area (Å²) in [5.74, 6) is 0. The van der Waals surface area contributed by atoms with Gasteiger partial charge in [-0.25, -0.2) is 0 Å². The van der Waals surface area contributed by atoms with Gasteiger partial charge in [-0.1, -0.05) is 30.3 Å². The molecule has 0 spiro atoms. The zero-order valence-electron chi connectivity index (χ0n) is 13.7. The Bertz CT molecular complexity index is 1120. The van der Waals surface area contributed by atoms with Crippen LogP contribution in [0.4, 0.5) is 0 Å². The van der Waals surface area contributed by atoms with E-state index < -0.39 is 0 Å². The molecule has 4 rings (SSSR count). The second-order valence-corrected chi connectivity index (χ2v) is 7.12. The van der Waals surface area contributed by atoms with Crippen LogP contribution < -0.4 is 11.3 Å². The number of benzene rings is 2. The quantitative estimate of drug-likeness (QED) is 0.524. The first-order chi connectivity index (χ1) is 12.1. The molecular formula is C20H18N2O2S. The van der Waals surface area contributed by atoms with Crippen molar-refractivity contribution < 1.29 is 5.11 Å². The van der Waals surface area contributed by atoms with Crippen LogP contribution in [-0.2, 0) is 6.61 Å². The van der Waals surface area contributed by atoms with Crippen molar-refractivity contribution in [2.75, 3.05) is 0 Å². The van der Waals surface area contributed by atoms with E-state index in [1.54, 1.807) is 0 Å². The minimum absolute atomic E-state index is 0.0289. The number of fused-ring (bicyclic) bond motifs is 3. The first-order valence-electron chi connectivity index (χ1n) is 8.12. The molecular weight excluding hydrogens is 332 g/mol. The summed E-state index contributed by atoms with van der Waals surface area (Å²) in [6.07, 6.45) is 0. The van der Waals surface area contributed by atoms with E-state index in [0.29, 0.717) is 4.70 Å². The number of aliphatic hydroxyl groups is 1. The topological polar surface area (TPSA) is 79.1 Å². The number of rotatable bonds is 3.